The maximum absolute atomic E-state index is 6.70. The van der Waals surface area contributed by atoms with Crippen LogP contribution in [0.5, 0.6) is 0 Å². The monoisotopic (exact) mass is 290 g/mol. The summed E-state index contributed by atoms with van der Waals surface area (Å²) >= 11 is 0. The first kappa shape index (κ1) is 16.2. The van der Waals surface area contributed by atoms with E-state index in [1.165, 1.54) is 0 Å². The maximum Gasteiger partial charge on any atom is 0.110 e. The molecule has 2 saturated heterocycles. The molecule has 2 aliphatic rings. The van der Waals surface area contributed by atoms with Crippen molar-refractivity contribution in [3.8, 4) is 0 Å². The van der Waals surface area contributed by atoms with E-state index in [4.69, 9.17) is 14.2 Å². The van der Waals surface area contributed by atoms with E-state index in [1.54, 1.807) is 0 Å². The summed E-state index contributed by atoms with van der Waals surface area (Å²) in [5.41, 5.74) is -0.830. The average Bonchev–Trinajstić information content (AvgIpc) is 3.31. The van der Waals surface area contributed by atoms with E-state index in [-0.39, 0.29) is 12.2 Å². The van der Waals surface area contributed by atoms with Gasteiger partial charge in [-0.3, -0.25) is 0 Å². The first-order valence-electron chi connectivity index (χ1n) is 7.53. The highest BCUT2D eigenvalue weighted by molar-refractivity contribution is 5.10. The van der Waals surface area contributed by atoms with Gasteiger partial charge < -0.3 is 14.2 Å². The summed E-state index contributed by atoms with van der Waals surface area (Å²) in [6.07, 6.45) is 10.7. The van der Waals surface area contributed by atoms with Gasteiger partial charge in [-0.2, -0.15) is 0 Å². The highest BCUT2D eigenvalue weighted by atomic mass is 16.6. The Kier molecular flexibility index (Phi) is 5.20. The van der Waals surface area contributed by atoms with Crippen molar-refractivity contribution in [2.45, 2.75) is 49.1 Å². The Morgan fingerprint density at radius 1 is 0.762 bits per heavy atom. The van der Waals surface area contributed by atoms with E-state index in [9.17, 15) is 0 Å². The molecule has 2 heterocycles. The van der Waals surface area contributed by atoms with Gasteiger partial charge in [-0.25, -0.2) is 0 Å². The van der Waals surface area contributed by atoms with Gasteiger partial charge in [0.15, 0.2) is 0 Å². The Morgan fingerprint density at radius 2 is 1.05 bits per heavy atom. The summed E-state index contributed by atoms with van der Waals surface area (Å²) < 4.78 is 17.8. The molecule has 2 atom stereocenters. The number of epoxide rings is 2. The van der Waals surface area contributed by atoms with E-state index in [2.05, 4.69) is 26.3 Å². The Hall–Kier alpha value is -1.16. The van der Waals surface area contributed by atoms with E-state index in [0.717, 1.165) is 38.9 Å². The van der Waals surface area contributed by atoms with Crippen LogP contribution < -0.4 is 0 Å². The van der Waals surface area contributed by atoms with Gasteiger partial charge in [0.2, 0.25) is 0 Å². The smallest absolute Gasteiger partial charge is 0.110 e. The minimum atomic E-state index is -0.415. The molecule has 3 heteroatoms. The van der Waals surface area contributed by atoms with Crippen molar-refractivity contribution in [1.29, 1.82) is 0 Å². The molecule has 0 bridgehead atoms. The highest BCUT2D eigenvalue weighted by Gasteiger charge is 2.55. The van der Waals surface area contributed by atoms with Crippen molar-refractivity contribution in [2.75, 3.05) is 13.2 Å². The fourth-order valence-electron chi connectivity index (χ4n) is 3.08. The quantitative estimate of drug-likeness (QED) is 0.407. The Balaban J connectivity index is 2.28. The first-order chi connectivity index (χ1) is 10.2. The van der Waals surface area contributed by atoms with Crippen molar-refractivity contribution in [3.05, 3.63) is 50.6 Å². The van der Waals surface area contributed by atoms with Crippen molar-refractivity contribution in [1.82, 2.24) is 0 Å². The molecule has 2 rings (SSSR count). The molecule has 0 aliphatic carbocycles. The van der Waals surface area contributed by atoms with Crippen LogP contribution in [0.3, 0.4) is 0 Å². The summed E-state index contributed by atoms with van der Waals surface area (Å²) in [4.78, 5) is 0. The molecule has 21 heavy (non-hydrogen) atoms. The molecule has 3 nitrogen and oxygen atoms in total. The lowest BCUT2D eigenvalue weighted by molar-refractivity contribution is -0.172. The van der Waals surface area contributed by atoms with E-state index in [1.807, 2.05) is 24.3 Å². The second-order valence-corrected chi connectivity index (χ2v) is 5.85. The van der Waals surface area contributed by atoms with Crippen LogP contribution in [0.25, 0.3) is 0 Å². The van der Waals surface area contributed by atoms with Gasteiger partial charge in [0, 0.05) is 0 Å². The zero-order valence-corrected chi connectivity index (χ0v) is 12.8. The molecule has 0 aromatic rings. The summed E-state index contributed by atoms with van der Waals surface area (Å²) in [5.74, 6) is 0. The number of ether oxygens (including phenoxy) is 3. The summed E-state index contributed by atoms with van der Waals surface area (Å²) in [6, 6.07) is 0. The molecule has 116 valence electrons. The molecule has 0 aromatic heterocycles. The normalized spacial score (nSPS) is 24.2. The highest BCUT2D eigenvalue weighted by Crippen LogP contribution is 2.45. The Labute approximate surface area is 128 Å². The third-order valence-electron chi connectivity index (χ3n) is 4.21. The van der Waals surface area contributed by atoms with E-state index in [0.29, 0.717) is 0 Å². The Bertz CT molecular complexity index is 347. The molecule has 2 aliphatic heterocycles. The largest absolute Gasteiger partial charge is 0.370 e. The minimum absolute atomic E-state index is 0.0984. The molecular weight excluding hydrogens is 264 g/mol. The molecule has 2 unspecified atom stereocenters. The van der Waals surface area contributed by atoms with Crippen molar-refractivity contribution in [2.24, 2.45) is 0 Å². The van der Waals surface area contributed by atoms with Gasteiger partial charge in [-0.15, -0.1) is 26.3 Å². The zero-order chi connectivity index (χ0) is 15.3. The fraction of sp³-hybridized carbons (Fsp3) is 0.556. The summed E-state index contributed by atoms with van der Waals surface area (Å²) in [6.45, 7) is 17.0. The lowest BCUT2D eigenvalue weighted by Crippen LogP contribution is -2.50. The van der Waals surface area contributed by atoms with Crippen molar-refractivity contribution >= 4 is 0 Å². The van der Waals surface area contributed by atoms with Crippen LogP contribution in [-0.2, 0) is 14.2 Å². The molecule has 0 saturated carbocycles. The average molecular weight is 290 g/mol. The van der Waals surface area contributed by atoms with Gasteiger partial charge in [-0.1, -0.05) is 24.3 Å². The SMILES string of the molecule is C=CCC(CC=C)(OC(CC=C)(CC=C)C1CO1)C1CO1. The van der Waals surface area contributed by atoms with Crippen molar-refractivity contribution < 1.29 is 14.2 Å². The van der Waals surface area contributed by atoms with Gasteiger partial charge in [0.1, 0.15) is 23.4 Å². The fourth-order valence-corrected chi connectivity index (χ4v) is 3.08. The third kappa shape index (κ3) is 3.54. The predicted molar refractivity (Wildman–Crippen MR) is 85.3 cm³/mol. The second-order valence-electron chi connectivity index (χ2n) is 5.85. The molecule has 0 radical (unpaired) electrons. The molecule has 0 amide bonds. The topological polar surface area (TPSA) is 34.3 Å². The standard InChI is InChI=1S/C18H26O3/c1-5-9-17(10-6-2,15-13-19-15)21-18(11-7-3,12-8-4)16-14-20-16/h5-8,15-16H,1-4,9-14H2. The van der Waals surface area contributed by atoms with Gasteiger partial charge in [-0.05, 0) is 25.7 Å². The summed E-state index contributed by atoms with van der Waals surface area (Å²) in [5, 5.41) is 0. The summed E-state index contributed by atoms with van der Waals surface area (Å²) in [7, 11) is 0. The molecule has 0 N–H and O–H groups in total. The number of hydrogen-bond donors (Lipinski definition) is 0. The van der Waals surface area contributed by atoms with Gasteiger partial charge in [0.05, 0.1) is 13.2 Å². The second kappa shape index (κ2) is 6.73. The van der Waals surface area contributed by atoms with Crippen LogP contribution in [-0.4, -0.2) is 36.6 Å². The van der Waals surface area contributed by atoms with Crippen molar-refractivity contribution in [3.63, 3.8) is 0 Å². The molecule has 2 fully saturated rings. The van der Waals surface area contributed by atoms with Gasteiger partial charge in [0.25, 0.3) is 0 Å². The maximum atomic E-state index is 6.70. The number of rotatable bonds is 12. The Morgan fingerprint density at radius 3 is 1.24 bits per heavy atom. The van der Waals surface area contributed by atoms with Gasteiger partial charge >= 0.3 is 0 Å². The lowest BCUT2D eigenvalue weighted by Gasteiger charge is -2.42. The van der Waals surface area contributed by atoms with Crippen LogP contribution in [0.2, 0.25) is 0 Å². The molecule has 0 spiro atoms. The first-order valence-corrected chi connectivity index (χ1v) is 7.53. The molecular formula is C18H26O3. The predicted octanol–water partition coefficient (Wildman–Crippen LogP) is 3.58. The third-order valence-corrected chi connectivity index (χ3v) is 4.21. The van der Waals surface area contributed by atoms with Crippen LogP contribution in [0.1, 0.15) is 25.7 Å². The number of hydrogen-bond acceptors (Lipinski definition) is 3. The van der Waals surface area contributed by atoms with Crippen LogP contribution in [0.4, 0.5) is 0 Å². The lowest BCUT2D eigenvalue weighted by atomic mass is 9.86. The minimum Gasteiger partial charge on any atom is -0.370 e. The van der Waals surface area contributed by atoms with Crippen LogP contribution >= 0.6 is 0 Å². The van der Waals surface area contributed by atoms with Crippen LogP contribution in [0.15, 0.2) is 50.6 Å². The van der Waals surface area contributed by atoms with Crippen LogP contribution in [0, 0.1) is 0 Å². The van der Waals surface area contributed by atoms with E-state index >= 15 is 0 Å². The molecule has 0 aromatic carbocycles. The van der Waals surface area contributed by atoms with E-state index < -0.39 is 11.2 Å². The zero-order valence-electron chi connectivity index (χ0n) is 12.8.